The van der Waals surface area contributed by atoms with Crippen LogP contribution >= 0.6 is 0 Å². The minimum absolute atomic E-state index is 0.0221. The molecule has 0 aliphatic carbocycles. The number of hydrogen-bond acceptors (Lipinski definition) is 3. The van der Waals surface area contributed by atoms with Gasteiger partial charge in [0, 0.05) is 23.2 Å². The smallest absolute Gasteiger partial charge is 0.162 e. The predicted octanol–water partition coefficient (Wildman–Crippen LogP) is 2.32. The second kappa shape index (κ2) is 3.01. The van der Waals surface area contributed by atoms with Gasteiger partial charge in [0.25, 0.3) is 0 Å². The zero-order valence-corrected chi connectivity index (χ0v) is 8.65. The number of nitrogens with zero attached hydrogens (tertiary/aromatic N) is 3. The maximum Gasteiger partial charge on any atom is 0.162 e. The highest BCUT2D eigenvalue weighted by molar-refractivity contribution is 5.72. The van der Waals surface area contributed by atoms with Crippen LogP contribution in [0.3, 0.4) is 0 Å². The van der Waals surface area contributed by atoms with Crippen LogP contribution in [0.25, 0.3) is 11.0 Å². The highest BCUT2D eigenvalue weighted by Crippen LogP contribution is 2.19. The monoisotopic (exact) mass is 187 g/mol. The molecule has 0 bridgehead atoms. The number of aromatic nitrogens is 3. The molecule has 72 valence electrons. The summed E-state index contributed by atoms with van der Waals surface area (Å²) in [7, 11) is 0. The molecule has 0 radical (unpaired) electrons. The lowest BCUT2D eigenvalue weighted by atomic mass is 9.96. The van der Waals surface area contributed by atoms with Crippen LogP contribution in [0, 0.1) is 0 Å². The third kappa shape index (κ3) is 1.58. The minimum atomic E-state index is -0.0221. The molecule has 2 aromatic rings. The number of pyridine rings is 1. The van der Waals surface area contributed by atoms with Crippen molar-refractivity contribution in [2.45, 2.75) is 26.2 Å². The number of rotatable bonds is 0. The van der Waals surface area contributed by atoms with E-state index in [0.717, 1.165) is 16.9 Å². The second-order valence-corrected chi connectivity index (χ2v) is 4.36. The molecule has 0 unspecified atom stereocenters. The molecule has 0 atom stereocenters. The average molecular weight is 187 g/mol. The topological polar surface area (TPSA) is 38.7 Å². The maximum absolute atomic E-state index is 4.42. The molecule has 2 heterocycles. The van der Waals surface area contributed by atoms with Gasteiger partial charge in [0.15, 0.2) is 5.65 Å². The molecule has 0 aliphatic heterocycles. The van der Waals surface area contributed by atoms with Crippen LogP contribution in [0.4, 0.5) is 0 Å². The van der Waals surface area contributed by atoms with E-state index in [2.05, 4.69) is 35.7 Å². The van der Waals surface area contributed by atoms with Gasteiger partial charge < -0.3 is 0 Å². The molecule has 2 rings (SSSR count). The van der Waals surface area contributed by atoms with E-state index in [1.54, 1.807) is 6.20 Å². The fourth-order valence-electron chi connectivity index (χ4n) is 1.22. The Morgan fingerprint density at radius 1 is 1.14 bits per heavy atom. The van der Waals surface area contributed by atoms with Crippen molar-refractivity contribution in [1.82, 2.24) is 15.0 Å². The summed E-state index contributed by atoms with van der Waals surface area (Å²) in [6.45, 7) is 6.28. The number of hydrogen-bond donors (Lipinski definition) is 0. The summed E-state index contributed by atoms with van der Waals surface area (Å²) in [5.41, 5.74) is 0.749. The van der Waals surface area contributed by atoms with Crippen molar-refractivity contribution in [3.05, 3.63) is 30.4 Å². The van der Waals surface area contributed by atoms with Crippen molar-refractivity contribution in [3.63, 3.8) is 0 Å². The average Bonchev–Trinajstić information content (AvgIpc) is 2.16. The minimum Gasteiger partial charge on any atom is -0.240 e. The molecule has 0 N–H and O–H groups in total. The van der Waals surface area contributed by atoms with Crippen molar-refractivity contribution in [2.75, 3.05) is 0 Å². The Labute approximate surface area is 83.2 Å². The Bertz CT molecular complexity index is 457. The number of fused-ring (bicyclic) bond motifs is 1. The molecule has 3 heteroatoms. The maximum atomic E-state index is 4.42. The van der Waals surface area contributed by atoms with Crippen molar-refractivity contribution < 1.29 is 0 Å². The molecular formula is C11H13N3. The summed E-state index contributed by atoms with van der Waals surface area (Å²) >= 11 is 0. The van der Waals surface area contributed by atoms with Gasteiger partial charge in [0.05, 0.1) is 0 Å². The van der Waals surface area contributed by atoms with Crippen molar-refractivity contribution >= 4 is 11.0 Å². The summed E-state index contributed by atoms with van der Waals surface area (Å²) in [6.07, 6.45) is 3.58. The van der Waals surface area contributed by atoms with Gasteiger partial charge in [0.1, 0.15) is 5.82 Å². The molecule has 14 heavy (non-hydrogen) atoms. The van der Waals surface area contributed by atoms with E-state index in [4.69, 9.17) is 0 Å². The molecule has 0 fully saturated rings. The van der Waals surface area contributed by atoms with Crippen LogP contribution < -0.4 is 0 Å². The van der Waals surface area contributed by atoms with Gasteiger partial charge in [-0.1, -0.05) is 20.8 Å². The van der Waals surface area contributed by atoms with Crippen LogP contribution in [0.5, 0.6) is 0 Å². The first kappa shape index (κ1) is 9.06. The summed E-state index contributed by atoms with van der Waals surface area (Å²) in [5.74, 6) is 0.837. The Balaban J connectivity index is 2.63. The van der Waals surface area contributed by atoms with Gasteiger partial charge >= 0.3 is 0 Å². The van der Waals surface area contributed by atoms with E-state index in [1.165, 1.54) is 0 Å². The normalized spacial score (nSPS) is 11.9. The Hall–Kier alpha value is -1.51. The fraction of sp³-hybridized carbons (Fsp3) is 0.364. The molecule has 0 saturated heterocycles. The predicted molar refractivity (Wildman–Crippen MR) is 56.0 cm³/mol. The molecule has 2 aromatic heterocycles. The standard InChI is InChI=1S/C11H13N3/c1-11(2,3)10-13-7-8-5-4-6-12-9(8)14-10/h4-7H,1-3H3. The van der Waals surface area contributed by atoms with E-state index >= 15 is 0 Å². The van der Waals surface area contributed by atoms with Gasteiger partial charge in [-0.3, -0.25) is 0 Å². The SMILES string of the molecule is CC(C)(C)c1ncc2cccnc2n1. The van der Waals surface area contributed by atoms with Gasteiger partial charge in [-0.15, -0.1) is 0 Å². The summed E-state index contributed by atoms with van der Waals surface area (Å²) < 4.78 is 0. The van der Waals surface area contributed by atoms with Gasteiger partial charge in [-0.25, -0.2) is 15.0 Å². The quantitative estimate of drug-likeness (QED) is 0.635. The van der Waals surface area contributed by atoms with E-state index in [1.807, 2.05) is 18.3 Å². The molecular weight excluding hydrogens is 174 g/mol. The Morgan fingerprint density at radius 2 is 1.93 bits per heavy atom. The molecule has 0 spiro atoms. The highest BCUT2D eigenvalue weighted by Gasteiger charge is 2.17. The molecule has 3 nitrogen and oxygen atoms in total. The summed E-state index contributed by atoms with van der Waals surface area (Å²) in [4.78, 5) is 13.0. The molecule has 0 aromatic carbocycles. The third-order valence-electron chi connectivity index (χ3n) is 2.03. The van der Waals surface area contributed by atoms with Crippen LogP contribution in [-0.2, 0) is 5.41 Å². The van der Waals surface area contributed by atoms with Gasteiger partial charge in [-0.2, -0.15) is 0 Å². The fourth-order valence-corrected chi connectivity index (χ4v) is 1.22. The van der Waals surface area contributed by atoms with Gasteiger partial charge in [0.2, 0.25) is 0 Å². The van der Waals surface area contributed by atoms with E-state index in [0.29, 0.717) is 0 Å². The zero-order valence-electron chi connectivity index (χ0n) is 8.65. The van der Waals surface area contributed by atoms with Crippen LogP contribution in [0.1, 0.15) is 26.6 Å². The first-order chi connectivity index (χ1) is 6.57. The van der Waals surface area contributed by atoms with Gasteiger partial charge in [-0.05, 0) is 12.1 Å². The lowest BCUT2D eigenvalue weighted by Gasteiger charge is -2.15. The molecule has 0 saturated carbocycles. The van der Waals surface area contributed by atoms with Crippen molar-refractivity contribution in [3.8, 4) is 0 Å². The first-order valence-electron chi connectivity index (χ1n) is 4.65. The Kier molecular flexibility index (Phi) is 1.95. The van der Waals surface area contributed by atoms with E-state index in [9.17, 15) is 0 Å². The third-order valence-corrected chi connectivity index (χ3v) is 2.03. The largest absolute Gasteiger partial charge is 0.240 e. The summed E-state index contributed by atoms with van der Waals surface area (Å²) in [6, 6.07) is 3.86. The van der Waals surface area contributed by atoms with Crippen LogP contribution in [-0.4, -0.2) is 15.0 Å². The lowest BCUT2D eigenvalue weighted by molar-refractivity contribution is 0.548. The van der Waals surface area contributed by atoms with Crippen molar-refractivity contribution in [1.29, 1.82) is 0 Å². The zero-order chi connectivity index (χ0) is 10.2. The van der Waals surface area contributed by atoms with Crippen LogP contribution in [0.15, 0.2) is 24.5 Å². The lowest BCUT2D eigenvalue weighted by Crippen LogP contribution is -2.15. The molecule has 0 aliphatic rings. The van der Waals surface area contributed by atoms with E-state index in [-0.39, 0.29) is 5.41 Å². The summed E-state index contributed by atoms with van der Waals surface area (Å²) in [5, 5.41) is 0.987. The second-order valence-electron chi connectivity index (χ2n) is 4.36. The molecule has 0 amide bonds. The highest BCUT2D eigenvalue weighted by atomic mass is 14.9. The van der Waals surface area contributed by atoms with Crippen molar-refractivity contribution in [2.24, 2.45) is 0 Å². The first-order valence-corrected chi connectivity index (χ1v) is 4.65. The Morgan fingerprint density at radius 3 is 2.64 bits per heavy atom. The van der Waals surface area contributed by atoms with E-state index < -0.39 is 0 Å². The van der Waals surface area contributed by atoms with Crippen LogP contribution in [0.2, 0.25) is 0 Å².